The van der Waals surface area contributed by atoms with Gasteiger partial charge < -0.3 is 15.7 Å². The van der Waals surface area contributed by atoms with E-state index in [4.69, 9.17) is 5.73 Å². The fourth-order valence-corrected chi connectivity index (χ4v) is 0.744. The molecular weight excluding hydrogens is 128 g/mol. The molecule has 3 N–H and O–H groups in total. The molecule has 0 aliphatic rings. The topological polar surface area (TPSA) is 49.5 Å². The summed E-state index contributed by atoms with van der Waals surface area (Å²) in [6.07, 6.45) is 1.32. The minimum absolute atomic E-state index is 0.215. The zero-order valence-electron chi connectivity index (χ0n) is 6.88. The smallest absolute Gasteiger partial charge is 0.0564 e. The molecule has 3 heteroatoms. The Hall–Kier alpha value is -0.120. The maximum atomic E-state index is 9.19. The monoisotopic (exact) mass is 146 g/mol. The van der Waals surface area contributed by atoms with Gasteiger partial charge in [0.05, 0.1) is 6.10 Å². The first-order valence-corrected chi connectivity index (χ1v) is 3.69. The maximum Gasteiger partial charge on any atom is 0.0564 e. The predicted octanol–water partition coefficient (Wildman–Crippen LogP) is -0.352. The van der Waals surface area contributed by atoms with Crippen molar-refractivity contribution in [2.24, 2.45) is 5.73 Å². The van der Waals surface area contributed by atoms with Crippen molar-refractivity contribution in [1.82, 2.24) is 4.90 Å². The van der Waals surface area contributed by atoms with Crippen molar-refractivity contribution in [3.05, 3.63) is 0 Å². The Labute approximate surface area is 62.8 Å². The average Bonchev–Trinajstić information content (AvgIpc) is 1.85. The van der Waals surface area contributed by atoms with Gasteiger partial charge >= 0.3 is 0 Å². The summed E-state index contributed by atoms with van der Waals surface area (Å²) in [7, 11) is 3.99. The third-order valence-corrected chi connectivity index (χ3v) is 1.41. The van der Waals surface area contributed by atoms with E-state index >= 15 is 0 Å². The van der Waals surface area contributed by atoms with Gasteiger partial charge in [0.15, 0.2) is 0 Å². The van der Waals surface area contributed by atoms with Gasteiger partial charge in [0.2, 0.25) is 0 Å². The van der Waals surface area contributed by atoms with Crippen LogP contribution in [0.4, 0.5) is 0 Å². The first-order chi connectivity index (χ1) is 4.66. The van der Waals surface area contributed by atoms with Crippen LogP contribution in [-0.4, -0.2) is 43.3 Å². The molecule has 0 rings (SSSR count). The van der Waals surface area contributed by atoms with Crippen LogP contribution in [0.1, 0.15) is 12.8 Å². The van der Waals surface area contributed by atoms with E-state index < -0.39 is 0 Å². The minimum Gasteiger partial charge on any atom is -0.393 e. The van der Waals surface area contributed by atoms with Crippen LogP contribution in [-0.2, 0) is 0 Å². The van der Waals surface area contributed by atoms with Crippen molar-refractivity contribution in [1.29, 1.82) is 0 Å². The van der Waals surface area contributed by atoms with Crippen molar-refractivity contribution in [2.75, 3.05) is 27.2 Å². The highest BCUT2D eigenvalue weighted by Crippen LogP contribution is 1.96. The standard InChI is InChI=1S/C7H18N2O/c1-9(2)6-4-7(10)3-5-8/h7,10H,3-6,8H2,1-2H3/t7-/m1/s1. The van der Waals surface area contributed by atoms with Crippen LogP contribution in [0.15, 0.2) is 0 Å². The van der Waals surface area contributed by atoms with Crippen molar-refractivity contribution >= 4 is 0 Å². The molecule has 3 nitrogen and oxygen atoms in total. The van der Waals surface area contributed by atoms with Crippen LogP contribution < -0.4 is 5.73 Å². The van der Waals surface area contributed by atoms with Crippen LogP contribution in [0.5, 0.6) is 0 Å². The lowest BCUT2D eigenvalue weighted by Crippen LogP contribution is -2.21. The summed E-state index contributed by atoms with van der Waals surface area (Å²) in [6, 6.07) is 0. The Kier molecular flexibility index (Phi) is 5.58. The highest BCUT2D eigenvalue weighted by Gasteiger charge is 2.01. The molecule has 0 heterocycles. The van der Waals surface area contributed by atoms with E-state index in [1.807, 2.05) is 14.1 Å². The van der Waals surface area contributed by atoms with E-state index in [1.54, 1.807) is 0 Å². The molecule has 0 amide bonds. The molecule has 0 aromatic heterocycles. The van der Waals surface area contributed by atoms with Gasteiger partial charge in [0.25, 0.3) is 0 Å². The van der Waals surface area contributed by atoms with Crippen molar-refractivity contribution in [3.63, 3.8) is 0 Å². The molecule has 0 bridgehead atoms. The second-order valence-electron chi connectivity index (χ2n) is 2.82. The highest BCUT2D eigenvalue weighted by molar-refractivity contribution is 4.57. The zero-order valence-corrected chi connectivity index (χ0v) is 6.88. The molecule has 0 radical (unpaired) electrons. The number of hydrogen-bond donors (Lipinski definition) is 2. The highest BCUT2D eigenvalue weighted by atomic mass is 16.3. The Morgan fingerprint density at radius 2 is 2.00 bits per heavy atom. The SMILES string of the molecule is CN(C)CC[C@H](O)CCN. The summed E-state index contributed by atoms with van der Waals surface area (Å²) in [5.74, 6) is 0. The summed E-state index contributed by atoms with van der Waals surface area (Å²) in [5, 5.41) is 9.19. The second-order valence-corrected chi connectivity index (χ2v) is 2.82. The van der Waals surface area contributed by atoms with Crippen LogP contribution in [0.2, 0.25) is 0 Å². The predicted molar refractivity (Wildman–Crippen MR) is 42.8 cm³/mol. The van der Waals surface area contributed by atoms with E-state index in [2.05, 4.69) is 4.90 Å². The van der Waals surface area contributed by atoms with Gasteiger partial charge in [0, 0.05) is 0 Å². The van der Waals surface area contributed by atoms with Crippen LogP contribution >= 0.6 is 0 Å². The minimum atomic E-state index is -0.215. The molecule has 0 saturated carbocycles. The number of nitrogens with two attached hydrogens (primary N) is 1. The third-order valence-electron chi connectivity index (χ3n) is 1.41. The van der Waals surface area contributed by atoms with Gasteiger partial charge in [-0.15, -0.1) is 0 Å². The summed E-state index contributed by atoms with van der Waals surface area (Å²) in [6.45, 7) is 1.51. The van der Waals surface area contributed by atoms with Crippen molar-refractivity contribution in [2.45, 2.75) is 18.9 Å². The average molecular weight is 146 g/mol. The van der Waals surface area contributed by atoms with Crippen LogP contribution in [0.3, 0.4) is 0 Å². The Morgan fingerprint density at radius 3 is 2.40 bits per heavy atom. The largest absolute Gasteiger partial charge is 0.393 e. The summed E-state index contributed by atoms with van der Waals surface area (Å²) in [4.78, 5) is 2.06. The Bertz CT molecular complexity index is 76.0. The van der Waals surface area contributed by atoms with Crippen LogP contribution in [0.25, 0.3) is 0 Å². The van der Waals surface area contributed by atoms with E-state index in [1.165, 1.54) is 0 Å². The van der Waals surface area contributed by atoms with Gasteiger partial charge in [-0.3, -0.25) is 0 Å². The second kappa shape index (κ2) is 5.65. The van der Waals surface area contributed by atoms with Crippen molar-refractivity contribution in [3.8, 4) is 0 Å². The quantitative estimate of drug-likeness (QED) is 0.557. The molecule has 62 valence electrons. The van der Waals surface area contributed by atoms with Gasteiger partial charge in [-0.1, -0.05) is 0 Å². The molecule has 0 aromatic carbocycles. The maximum absolute atomic E-state index is 9.19. The number of aliphatic hydroxyl groups is 1. The lowest BCUT2D eigenvalue weighted by atomic mass is 10.2. The number of nitrogens with zero attached hydrogens (tertiary/aromatic N) is 1. The summed E-state index contributed by atoms with van der Waals surface area (Å²) in [5.41, 5.74) is 5.26. The van der Waals surface area contributed by atoms with Gasteiger partial charge in [-0.25, -0.2) is 0 Å². The molecule has 0 aromatic rings. The summed E-state index contributed by atoms with van der Waals surface area (Å²) < 4.78 is 0. The van der Waals surface area contributed by atoms with E-state index in [0.717, 1.165) is 13.0 Å². The third kappa shape index (κ3) is 6.01. The van der Waals surface area contributed by atoms with E-state index in [9.17, 15) is 5.11 Å². The Morgan fingerprint density at radius 1 is 1.40 bits per heavy atom. The molecule has 0 fully saturated rings. The molecular formula is C7H18N2O. The fraction of sp³-hybridized carbons (Fsp3) is 1.00. The number of hydrogen-bond acceptors (Lipinski definition) is 3. The van der Waals surface area contributed by atoms with Gasteiger partial charge in [-0.2, -0.15) is 0 Å². The molecule has 0 unspecified atom stereocenters. The zero-order chi connectivity index (χ0) is 7.98. The number of aliphatic hydroxyl groups excluding tert-OH is 1. The van der Waals surface area contributed by atoms with E-state index in [0.29, 0.717) is 13.0 Å². The first kappa shape index (κ1) is 9.88. The molecule has 0 spiro atoms. The van der Waals surface area contributed by atoms with Crippen molar-refractivity contribution < 1.29 is 5.11 Å². The summed E-state index contributed by atoms with van der Waals surface area (Å²) >= 11 is 0. The molecule has 1 atom stereocenters. The molecule has 0 aliphatic heterocycles. The van der Waals surface area contributed by atoms with Crippen LogP contribution in [0, 0.1) is 0 Å². The normalized spacial score (nSPS) is 14.1. The molecule has 0 saturated heterocycles. The first-order valence-electron chi connectivity index (χ1n) is 3.69. The van der Waals surface area contributed by atoms with E-state index in [-0.39, 0.29) is 6.10 Å². The fourth-order valence-electron chi connectivity index (χ4n) is 0.744. The molecule has 0 aliphatic carbocycles. The number of rotatable bonds is 5. The molecule has 10 heavy (non-hydrogen) atoms. The lowest BCUT2D eigenvalue weighted by Gasteiger charge is -2.12. The van der Waals surface area contributed by atoms with Gasteiger partial charge in [-0.05, 0) is 40.0 Å². The van der Waals surface area contributed by atoms with Gasteiger partial charge in [0.1, 0.15) is 0 Å². The lowest BCUT2D eigenvalue weighted by molar-refractivity contribution is 0.145. The Balaban J connectivity index is 3.12.